The summed E-state index contributed by atoms with van der Waals surface area (Å²) in [6.45, 7) is 5.43. The van der Waals surface area contributed by atoms with Crippen molar-refractivity contribution >= 4 is 11.7 Å². The number of nitrogens with one attached hydrogen (secondary N) is 1. The van der Waals surface area contributed by atoms with Crippen molar-refractivity contribution in [3.63, 3.8) is 0 Å². The largest absolute Gasteiger partial charge is 0.481 e. The fraction of sp³-hybridized carbons (Fsp3) is 0.286. The highest BCUT2D eigenvalue weighted by molar-refractivity contribution is 5.93. The van der Waals surface area contributed by atoms with Gasteiger partial charge in [0.25, 0.3) is 5.91 Å². The average molecular weight is 260 g/mol. The Hall–Kier alpha value is -2.30. The first-order valence-corrected chi connectivity index (χ1v) is 6.02. The third kappa shape index (κ3) is 3.58. The van der Waals surface area contributed by atoms with Crippen molar-refractivity contribution in [3.8, 4) is 5.75 Å². The van der Waals surface area contributed by atoms with Crippen LogP contribution in [0.3, 0.4) is 0 Å². The molecule has 1 heterocycles. The molecule has 5 heteroatoms. The van der Waals surface area contributed by atoms with E-state index in [9.17, 15) is 4.79 Å². The Balaban J connectivity index is 1.94. The van der Waals surface area contributed by atoms with Gasteiger partial charge in [-0.25, -0.2) is 0 Å². The molecule has 0 aliphatic carbocycles. The van der Waals surface area contributed by atoms with E-state index in [0.717, 1.165) is 5.56 Å². The minimum Gasteiger partial charge on any atom is -0.481 e. The van der Waals surface area contributed by atoms with E-state index in [1.807, 2.05) is 31.2 Å². The van der Waals surface area contributed by atoms with Gasteiger partial charge in [0.05, 0.1) is 0 Å². The van der Waals surface area contributed by atoms with Crippen molar-refractivity contribution in [3.05, 3.63) is 41.7 Å². The van der Waals surface area contributed by atoms with Crippen LogP contribution >= 0.6 is 0 Å². The lowest BCUT2D eigenvalue weighted by Gasteiger charge is -2.13. The molecular weight excluding hydrogens is 244 g/mol. The molecule has 2 aromatic rings. The molecule has 1 atom stereocenters. The van der Waals surface area contributed by atoms with Gasteiger partial charge < -0.3 is 14.6 Å². The predicted octanol–water partition coefficient (Wildman–Crippen LogP) is 2.70. The van der Waals surface area contributed by atoms with Crippen molar-refractivity contribution < 1.29 is 14.1 Å². The van der Waals surface area contributed by atoms with E-state index < -0.39 is 6.10 Å². The lowest BCUT2D eigenvalue weighted by atomic mass is 10.2. The summed E-state index contributed by atoms with van der Waals surface area (Å²) in [5.74, 6) is 1.42. The fourth-order valence-electron chi connectivity index (χ4n) is 1.53. The van der Waals surface area contributed by atoms with Gasteiger partial charge in [-0.3, -0.25) is 4.79 Å². The highest BCUT2D eigenvalue weighted by Gasteiger charge is 2.16. The van der Waals surface area contributed by atoms with Crippen LogP contribution in [0.5, 0.6) is 5.75 Å². The number of benzene rings is 1. The Morgan fingerprint density at radius 3 is 2.58 bits per heavy atom. The minimum atomic E-state index is -0.611. The molecule has 5 nitrogen and oxygen atoms in total. The van der Waals surface area contributed by atoms with Crippen molar-refractivity contribution in [2.24, 2.45) is 0 Å². The van der Waals surface area contributed by atoms with Crippen LogP contribution in [0.2, 0.25) is 0 Å². The summed E-state index contributed by atoms with van der Waals surface area (Å²) in [4.78, 5) is 11.9. The smallest absolute Gasteiger partial charge is 0.266 e. The number of anilines is 1. The molecule has 0 aliphatic rings. The first-order chi connectivity index (χ1) is 9.04. The maximum absolute atomic E-state index is 11.9. The average Bonchev–Trinajstić information content (AvgIpc) is 2.77. The third-order valence-electron chi connectivity index (χ3n) is 2.58. The van der Waals surface area contributed by atoms with Crippen molar-refractivity contribution in [2.75, 3.05) is 5.32 Å². The monoisotopic (exact) mass is 260 g/mol. The molecule has 1 amide bonds. The molecule has 0 aliphatic heterocycles. The zero-order chi connectivity index (χ0) is 13.8. The van der Waals surface area contributed by atoms with Gasteiger partial charge in [-0.1, -0.05) is 22.9 Å². The fourth-order valence-corrected chi connectivity index (χ4v) is 1.53. The lowest BCUT2D eigenvalue weighted by Crippen LogP contribution is -2.30. The maximum atomic E-state index is 11.9. The summed E-state index contributed by atoms with van der Waals surface area (Å²) < 4.78 is 10.4. The van der Waals surface area contributed by atoms with Gasteiger partial charge in [-0.05, 0) is 32.9 Å². The number of aromatic nitrogens is 1. The molecule has 0 bridgehead atoms. The molecular formula is C14H16N2O3. The second-order valence-electron chi connectivity index (χ2n) is 4.39. The van der Waals surface area contributed by atoms with Crippen molar-refractivity contribution in [1.29, 1.82) is 0 Å². The highest BCUT2D eigenvalue weighted by Crippen LogP contribution is 2.14. The normalized spacial score (nSPS) is 11.9. The van der Waals surface area contributed by atoms with E-state index in [4.69, 9.17) is 9.26 Å². The number of nitrogens with zero attached hydrogens (tertiary/aromatic N) is 1. The molecule has 0 fully saturated rings. The van der Waals surface area contributed by atoms with Gasteiger partial charge in [-0.15, -0.1) is 0 Å². The Bertz CT molecular complexity index is 560. The molecule has 19 heavy (non-hydrogen) atoms. The Kier molecular flexibility index (Phi) is 3.85. The molecule has 1 N–H and O–H groups in total. The van der Waals surface area contributed by atoms with Gasteiger partial charge in [0, 0.05) is 6.07 Å². The van der Waals surface area contributed by atoms with Crippen LogP contribution in [0, 0.1) is 13.8 Å². The molecule has 0 spiro atoms. The second-order valence-corrected chi connectivity index (χ2v) is 4.39. The lowest BCUT2D eigenvalue weighted by molar-refractivity contribution is -0.122. The van der Waals surface area contributed by atoms with Crippen LogP contribution in [0.4, 0.5) is 5.82 Å². The molecule has 0 radical (unpaired) electrons. The molecule has 2 rings (SSSR count). The molecule has 1 aromatic heterocycles. The Morgan fingerprint density at radius 1 is 1.32 bits per heavy atom. The summed E-state index contributed by atoms with van der Waals surface area (Å²) in [5.41, 5.74) is 1.14. The number of amides is 1. The third-order valence-corrected chi connectivity index (χ3v) is 2.58. The molecule has 1 aromatic carbocycles. The summed E-state index contributed by atoms with van der Waals surface area (Å²) in [7, 11) is 0. The van der Waals surface area contributed by atoms with Gasteiger partial charge >= 0.3 is 0 Å². The van der Waals surface area contributed by atoms with Crippen LogP contribution in [-0.2, 0) is 4.79 Å². The Labute approximate surface area is 111 Å². The number of hydrogen-bond acceptors (Lipinski definition) is 4. The summed E-state index contributed by atoms with van der Waals surface area (Å²) in [5, 5.41) is 6.32. The molecule has 0 saturated heterocycles. The van der Waals surface area contributed by atoms with E-state index in [-0.39, 0.29) is 5.91 Å². The summed E-state index contributed by atoms with van der Waals surface area (Å²) in [6, 6.07) is 9.18. The zero-order valence-corrected chi connectivity index (χ0v) is 11.1. The van der Waals surface area contributed by atoms with Crippen LogP contribution in [0.15, 0.2) is 34.9 Å². The topological polar surface area (TPSA) is 64.4 Å². The number of carbonyl (C=O) groups excluding carboxylic acids is 1. The first-order valence-electron chi connectivity index (χ1n) is 6.02. The minimum absolute atomic E-state index is 0.270. The highest BCUT2D eigenvalue weighted by atomic mass is 16.5. The van der Waals surface area contributed by atoms with Gasteiger partial charge in [0.1, 0.15) is 11.5 Å². The standard InChI is InChI=1S/C14H16N2O3/c1-9-4-6-12(7-5-9)18-11(3)14(17)15-13-8-10(2)19-16-13/h4-8,11H,1-3H3,(H,15,16,17)/t11-/m1/s1. The van der Waals surface area contributed by atoms with Crippen LogP contribution in [-0.4, -0.2) is 17.2 Å². The molecule has 0 saturated carbocycles. The van der Waals surface area contributed by atoms with E-state index in [1.54, 1.807) is 19.9 Å². The molecule has 0 unspecified atom stereocenters. The van der Waals surface area contributed by atoms with Gasteiger partial charge in [0.15, 0.2) is 11.9 Å². The number of carbonyl (C=O) groups is 1. The van der Waals surface area contributed by atoms with Crippen molar-refractivity contribution in [2.45, 2.75) is 26.9 Å². The van der Waals surface area contributed by atoms with E-state index in [0.29, 0.717) is 17.3 Å². The first kappa shape index (κ1) is 13.1. The van der Waals surface area contributed by atoms with Gasteiger partial charge in [0.2, 0.25) is 0 Å². The SMILES string of the molecule is Cc1ccc(O[C@H](C)C(=O)Nc2cc(C)on2)cc1. The predicted molar refractivity (Wildman–Crippen MR) is 71.1 cm³/mol. The maximum Gasteiger partial charge on any atom is 0.266 e. The summed E-state index contributed by atoms with van der Waals surface area (Å²) in [6.07, 6.45) is -0.611. The number of hydrogen-bond donors (Lipinski definition) is 1. The summed E-state index contributed by atoms with van der Waals surface area (Å²) >= 11 is 0. The Morgan fingerprint density at radius 2 is 2.00 bits per heavy atom. The van der Waals surface area contributed by atoms with Crippen LogP contribution < -0.4 is 10.1 Å². The number of rotatable bonds is 4. The molecule has 100 valence electrons. The quantitative estimate of drug-likeness (QED) is 0.918. The number of ether oxygens (including phenoxy) is 1. The zero-order valence-electron chi connectivity index (χ0n) is 11.1. The number of aryl methyl sites for hydroxylation is 2. The van der Waals surface area contributed by atoms with E-state index in [1.165, 1.54) is 0 Å². The van der Waals surface area contributed by atoms with Crippen LogP contribution in [0.1, 0.15) is 18.2 Å². The van der Waals surface area contributed by atoms with Crippen LogP contribution in [0.25, 0.3) is 0 Å². The van der Waals surface area contributed by atoms with E-state index >= 15 is 0 Å². The second kappa shape index (κ2) is 5.56. The van der Waals surface area contributed by atoms with E-state index in [2.05, 4.69) is 10.5 Å². The van der Waals surface area contributed by atoms with Gasteiger partial charge in [-0.2, -0.15) is 0 Å². The van der Waals surface area contributed by atoms with Crippen molar-refractivity contribution in [1.82, 2.24) is 5.16 Å².